The van der Waals surface area contributed by atoms with E-state index < -0.39 is 17.7 Å². The Labute approximate surface area is 228 Å². The smallest absolute Gasteiger partial charge is 0.320 e. The van der Waals surface area contributed by atoms with E-state index in [0.717, 1.165) is 69.2 Å². The van der Waals surface area contributed by atoms with Crippen LogP contribution in [0.25, 0.3) is 0 Å². The van der Waals surface area contributed by atoms with Crippen LogP contribution in [0.5, 0.6) is 0 Å². The normalized spacial score (nSPS) is 26.8. The first-order chi connectivity index (χ1) is 18.9. The monoisotopic (exact) mass is 539 g/mol. The quantitative estimate of drug-likeness (QED) is 0.591. The highest BCUT2D eigenvalue weighted by molar-refractivity contribution is 5.75. The lowest BCUT2D eigenvalue weighted by molar-refractivity contribution is 0.0205. The Kier molecular flexibility index (Phi) is 7.20. The zero-order valence-electron chi connectivity index (χ0n) is 22.7. The van der Waals surface area contributed by atoms with E-state index in [-0.39, 0.29) is 28.6 Å². The number of hydrogen-bond donors (Lipinski definition) is 1. The Bertz CT molecular complexity index is 1270. The minimum Gasteiger partial charge on any atom is -0.324 e. The van der Waals surface area contributed by atoms with Crippen LogP contribution in [0.15, 0.2) is 35.4 Å². The van der Waals surface area contributed by atoms with Gasteiger partial charge in [-0.3, -0.25) is 9.36 Å². The van der Waals surface area contributed by atoms with Crippen LogP contribution in [-0.4, -0.2) is 58.1 Å². The summed E-state index contributed by atoms with van der Waals surface area (Å²) in [6, 6.07) is 4.75. The van der Waals surface area contributed by atoms with Crippen molar-refractivity contribution in [1.29, 1.82) is 0 Å². The molecular weight excluding hydrogens is 500 g/mol. The van der Waals surface area contributed by atoms with E-state index in [1.807, 2.05) is 11.9 Å². The molecule has 9 heteroatoms. The third-order valence-electron chi connectivity index (χ3n) is 9.88. The summed E-state index contributed by atoms with van der Waals surface area (Å²) in [6.45, 7) is 2.36. The lowest BCUT2D eigenvalue weighted by Gasteiger charge is -2.49. The number of hydrogen-bond acceptors (Lipinski definition) is 4. The number of amides is 2. The van der Waals surface area contributed by atoms with Crippen molar-refractivity contribution in [2.75, 3.05) is 26.7 Å². The van der Waals surface area contributed by atoms with Gasteiger partial charge in [0.2, 0.25) is 0 Å². The number of halogens is 2. The minimum absolute atomic E-state index is 0.0194. The minimum atomic E-state index is -0.522. The predicted molar refractivity (Wildman–Crippen MR) is 144 cm³/mol. The van der Waals surface area contributed by atoms with E-state index in [1.165, 1.54) is 6.07 Å². The van der Waals surface area contributed by atoms with Gasteiger partial charge in [-0.05, 0) is 81.5 Å². The lowest BCUT2D eigenvalue weighted by Crippen LogP contribution is -2.57. The van der Waals surface area contributed by atoms with Crippen molar-refractivity contribution in [1.82, 2.24) is 24.7 Å². The van der Waals surface area contributed by atoms with Gasteiger partial charge in [-0.2, -0.15) is 0 Å². The molecule has 3 atom stereocenters. The van der Waals surface area contributed by atoms with Crippen molar-refractivity contribution < 1.29 is 13.6 Å². The number of rotatable bonds is 5. The van der Waals surface area contributed by atoms with E-state index in [0.29, 0.717) is 44.4 Å². The molecule has 1 aromatic carbocycles. The molecule has 2 aliphatic heterocycles. The van der Waals surface area contributed by atoms with Gasteiger partial charge in [-0.15, -0.1) is 0 Å². The zero-order valence-corrected chi connectivity index (χ0v) is 22.7. The van der Waals surface area contributed by atoms with Crippen molar-refractivity contribution in [3.8, 4) is 0 Å². The van der Waals surface area contributed by atoms with Crippen LogP contribution in [0.4, 0.5) is 13.6 Å². The Hall–Kier alpha value is -2.81. The molecule has 4 aliphatic rings. The number of carbonyl (C=O) groups excluding carboxylic acids is 1. The average molecular weight is 540 g/mol. The maximum absolute atomic E-state index is 14.9. The summed E-state index contributed by atoms with van der Waals surface area (Å²) in [7, 11) is 1.87. The molecule has 2 aliphatic carbocycles. The van der Waals surface area contributed by atoms with Crippen LogP contribution >= 0.6 is 0 Å². The summed E-state index contributed by atoms with van der Waals surface area (Å²) in [6.07, 6.45) is 10.4. The number of urea groups is 1. The zero-order chi connectivity index (χ0) is 27.1. The van der Waals surface area contributed by atoms with Crippen molar-refractivity contribution in [2.45, 2.75) is 82.3 Å². The Morgan fingerprint density at radius 3 is 2.62 bits per heavy atom. The third kappa shape index (κ3) is 5.22. The van der Waals surface area contributed by atoms with Gasteiger partial charge in [0.05, 0.1) is 18.1 Å². The van der Waals surface area contributed by atoms with Crippen molar-refractivity contribution >= 4 is 6.03 Å². The molecule has 0 unspecified atom stereocenters. The molecule has 0 bridgehead atoms. The molecule has 7 nitrogen and oxygen atoms in total. The number of carbonyl (C=O) groups is 1. The molecule has 2 saturated carbocycles. The van der Waals surface area contributed by atoms with Gasteiger partial charge in [0.25, 0.3) is 5.56 Å². The second-order valence-corrected chi connectivity index (χ2v) is 12.2. The Morgan fingerprint density at radius 1 is 1.10 bits per heavy atom. The molecule has 0 radical (unpaired) electrons. The summed E-state index contributed by atoms with van der Waals surface area (Å²) >= 11 is 0. The van der Waals surface area contributed by atoms with Gasteiger partial charge < -0.3 is 15.1 Å². The average Bonchev–Trinajstić information content (AvgIpc) is 3.70. The predicted octanol–water partition coefficient (Wildman–Crippen LogP) is 4.83. The number of aromatic nitrogens is 2. The standard InChI is InChI=1S/C30H39F2N5O2/c1-33-23-9-13-37(27(15-23)24-14-22(31)6-7-25(24)32)29(39)35-12-8-21(30(18-35)10-2-3-11-30)17-36-19-34-26(16-28(36)38)20-4-5-20/h6-7,14,16,19-21,23,27,33H,2-5,8-13,15,17-18H2,1H3/t21-,23+,27-/m0/s1. The fourth-order valence-corrected chi connectivity index (χ4v) is 7.42. The van der Waals surface area contributed by atoms with Crippen LogP contribution in [0, 0.1) is 23.0 Å². The highest BCUT2D eigenvalue weighted by atomic mass is 19.1. The maximum Gasteiger partial charge on any atom is 0.320 e. The summed E-state index contributed by atoms with van der Waals surface area (Å²) in [5, 5.41) is 3.26. The van der Waals surface area contributed by atoms with Crippen LogP contribution in [-0.2, 0) is 6.54 Å². The highest BCUT2D eigenvalue weighted by Gasteiger charge is 2.48. The number of benzene rings is 1. The van der Waals surface area contributed by atoms with Crippen LogP contribution in [0.1, 0.15) is 81.0 Å². The molecular formula is C30H39F2N5O2. The summed E-state index contributed by atoms with van der Waals surface area (Å²) < 4.78 is 30.8. The summed E-state index contributed by atoms with van der Waals surface area (Å²) in [5.74, 6) is -0.230. The van der Waals surface area contributed by atoms with Gasteiger partial charge in [-0.25, -0.2) is 18.6 Å². The summed E-state index contributed by atoms with van der Waals surface area (Å²) in [5.41, 5.74) is 1.14. The molecule has 4 fully saturated rings. The molecule has 6 rings (SSSR count). The van der Waals surface area contributed by atoms with Gasteiger partial charge >= 0.3 is 6.03 Å². The molecule has 1 aromatic heterocycles. The van der Waals surface area contributed by atoms with Crippen molar-refractivity contribution in [3.05, 3.63) is 63.8 Å². The first kappa shape index (κ1) is 26.4. The Balaban J connectivity index is 1.21. The van der Waals surface area contributed by atoms with E-state index in [2.05, 4.69) is 10.3 Å². The lowest BCUT2D eigenvalue weighted by atomic mass is 9.69. The van der Waals surface area contributed by atoms with Gasteiger partial charge in [0.15, 0.2) is 0 Å². The second kappa shape index (κ2) is 10.6. The molecule has 210 valence electrons. The van der Waals surface area contributed by atoms with E-state index >= 15 is 0 Å². The van der Waals surface area contributed by atoms with Crippen molar-refractivity contribution in [3.63, 3.8) is 0 Å². The van der Waals surface area contributed by atoms with Crippen LogP contribution in [0.3, 0.4) is 0 Å². The maximum atomic E-state index is 14.9. The molecule has 2 aromatic rings. The van der Waals surface area contributed by atoms with E-state index in [4.69, 9.17) is 0 Å². The van der Waals surface area contributed by atoms with E-state index in [1.54, 1.807) is 21.9 Å². The largest absolute Gasteiger partial charge is 0.324 e. The molecule has 1 N–H and O–H groups in total. The number of nitrogens with zero attached hydrogens (tertiary/aromatic N) is 4. The topological polar surface area (TPSA) is 70.5 Å². The second-order valence-electron chi connectivity index (χ2n) is 12.2. The van der Waals surface area contributed by atoms with Crippen LogP contribution < -0.4 is 10.9 Å². The number of likely N-dealkylation sites (tertiary alicyclic amines) is 2. The first-order valence-electron chi connectivity index (χ1n) is 14.6. The fraction of sp³-hybridized carbons (Fsp3) is 0.633. The third-order valence-corrected chi connectivity index (χ3v) is 9.88. The van der Waals surface area contributed by atoms with Gasteiger partial charge in [-0.1, -0.05) is 12.8 Å². The first-order valence-corrected chi connectivity index (χ1v) is 14.6. The molecule has 1 spiro atoms. The SMILES string of the molecule is CN[C@@H]1CCN(C(=O)N2CC[C@@H](Cn3cnc(C4CC4)cc3=O)C3(CCCC3)C2)[C@H](c2cc(F)ccc2F)C1. The van der Waals surface area contributed by atoms with Crippen molar-refractivity contribution in [2.24, 2.45) is 11.3 Å². The molecule has 3 heterocycles. The Morgan fingerprint density at radius 2 is 1.90 bits per heavy atom. The van der Waals surface area contributed by atoms with Gasteiger partial charge in [0, 0.05) is 49.8 Å². The molecule has 2 amide bonds. The molecule has 39 heavy (non-hydrogen) atoms. The fourth-order valence-electron chi connectivity index (χ4n) is 7.42. The molecule has 2 saturated heterocycles. The van der Waals surface area contributed by atoms with Gasteiger partial charge in [0.1, 0.15) is 11.6 Å². The summed E-state index contributed by atoms with van der Waals surface area (Å²) in [4.78, 5) is 35.2. The highest BCUT2D eigenvalue weighted by Crippen LogP contribution is 2.49. The number of piperidine rings is 2. The van der Waals surface area contributed by atoms with Crippen LogP contribution in [0.2, 0.25) is 0 Å². The number of nitrogens with one attached hydrogen (secondary N) is 1. The van der Waals surface area contributed by atoms with E-state index in [9.17, 15) is 18.4 Å².